The van der Waals surface area contributed by atoms with E-state index in [-0.39, 0.29) is 12.6 Å². The molecule has 0 spiro atoms. The van der Waals surface area contributed by atoms with Gasteiger partial charge >= 0.3 is 0 Å². The van der Waals surface area contributed by atoms with Gasteiger partial charge in [0.05, 0.1) is 12.1 Å². The van der Waals surface area contributed by atoms with E-state index in [1.807, 2.05) is 18.3 Å². The standard InChI is InChI=1S/C14H18N2O/c1-2-13(10-17)16-9-12-6-3-5-11-7-4-8-15-14(11)12/h3-8,13,16-17H,2,9-10H2,1H3/t13-/m0/s1. The molecule has 0 unspecified atom stereocenters. The molecule has 0 aliphatic rings. The monoisotopic (exact) mass is 230 g/mol. The smallest absolute Gasteiger partial charge is 0.0746 e. The van der Waals surface area contributed by atoms with Crippen molar-refractivity contribution in [3.8, 4) is 0 Å². The minimum absolute atomic E-state index is 0.161. The summed E-state index contributed by atoms with van der Waals surface area (Å²) in [6.07, 6.45) is 2.74. The van der Waals surface area contributed by atoms with E-state index >= 15 is 0 Å². The normalized spacial score (nSPS) is 12.8. The minimum Gasteiger partial charge on any atom is -0.395 e. The van der Waals surface area contributed by atoms with Crippen molar-refractivity contribution in [2.24, 2.45) is 0 Å². The van der Waals surface area contributed by atoms with Gasteiger partial charge in [0.15, 0.2) is 0 Å². The van der Waals surface area contributed by atoms with Crippen LogP contribution in [0.4, 0.5) is 0 Å². The Morgan fingerprint density at radius 1 is 1.29 bits per heavy atom. The van der Waals surface area contributed by atoms with Crippen LogP contribution in [0.2, 0.25) is 0 Å². The number of aliphatic hydroxyl groups excluding tert-OH is 1. The van der Waals surface area contributed by atoms with Crippen LogP contribution in [0.3, 0.4) is 0 Å². The Hall–Kier alpha value is -1.45. The number of para-hydroxylation sites is 1. The molecule has 0 saturated carbocycles. The summed E-state index contributed by atoms with van der Waals surface area (Å²) in [5.41, 5.74) is 2.21. The topological polar surface area (TPSA) is 45.1 Å². The largest absolute Gasteiger partial charge is 0.395 e. The van der Waals surface area contributed by atoms with Crippen molar-refractivity contribution in [1.29, 1.82) is 0 Å². The lowest BCUT2D eigenvalue weighted by Crippen LogP contribution is -2.31. The zero-order valence-electron chi connectivity index (χ0n) is 10.1. The van der Waals surface area contributed by atoms with Gasteiger partial charge in [0.25, 0.3) is 0 Å². The molecule has 1 aromatic carbocycles. The second-order valence-corrected chi connectivity index (χ2v) is 4.16. The maximum Gasteiger partial charge on any atom is 0.0746 e. The molecule has 0 saturated heterocycles. The Bertz CT molecular complexity index is 475. The molecule has 90 valence electrons. The third-order valence-electron chi connectivity index (χ3n) is 3.01. The number of nitrogens with zero attached hydrogens (tertiary/aromatic N) is 1. The fourth-order valence-corrected chi connectivity index (χ4v) is 1.90. The Morgan fingerprint density at radius 3 is 2.88 bits per heavy atom. The van der Waals surface area contributed by atoms with Gasteiger partial charge in [-0.1, -0.05) is 31.2 Å². The summed E-state index contributed by atoms with van der Waals surface area (Å²) in [4.78, 5) is 4.41. The summed E-state index contributed by atoms with van der Waals surface area (Å²) in [5.74, 6) is 0. The molecule has 1 aromatic heterocycles. The number of nitrogens with one attached hydrogen (secondary N) is 1. The Labute approximate surface area is 102 Å². The second kappa shape index (κ2) is 5.75. The van der Waals surface area contributed by atoms with Gasteiger partial charge in [-0.25, -0.2) is 0 Å². The van der Waals surface area contributed by atoms with Crippen LogP contribution in [0.25, 0.3) is 10.9 Å². The van der Waals surface area contributed by atoms with Crippen LogP contribution in [0.1, 0.15) is 18.9 Å². The van der Waals surface area contributed by atoms with Crippen LogP contribution in [0, 0.1) is 0 Å². The summed E-state index contributed by atoms with van der Waals surface area (Å²) >= 11 is 0. The van der Waals surface area contributed by atoms with Gasteiger partial charge in [-0.3, -0.25) is 4.98 Å². The molecule has 17 heavy (non-hydrogen) atoms. The molecular weight excluding hydrogens is 212 g/mol. The second-order valence-electron chi connectivity index (χ2n) is 4.16. The van der Waals surface area contributed by atoms with Crippen LogP contribution < -0.4 is 5.32 Å². The molecule has 3 heteroatoms. The van der Waals surface area contributed by atoms with E-state index in [1.54, 1.807) is 0 Å². The number of pyridine rings is 1. The number of rotatable bonds is 5. The summed E-state index contributed by atoms with van der Waals surface area (Å²) in [6, 6.07) is 10.4. The molecule has 2 N–H and O–H groups in total. The number of hydrogen-bond donors (Lipinski definition) is 2. The van der Waals surface area contributed by atoms with Gasteiger partial charge < -0.3 is 10.4 Å². The predicted molar refractivity (Wildman–Crippen MR) is 69.7 cm³/mol. The summed E-state index contributed by atoms with van der Waals surface area (Å²) in [5, 5.41) is 13.6. The third-order valence-corrected chi connectivity index (χ3v) is 3.01. The molecule has 1 heterocycles. The van der Waals surface area contributed by atoms with E-state index in [0.29, 0.717) is 0 Å². The van der Waals surface area contributed by atoms with Crippen molar-refractivity contribution < 1.29 is 5.11 Å². The molecule has 3 nitrogen and oxygen atoms in total. The third kappa shape index (κ3) is 2.81. The number of aliphatic hydroxyl groups is 1. The Balaban J connectivity index is 2.18. The highest BCUT2D eigenvalue weighted by molar-refractivity contribution is 5.81. The number of benzene rings is 1. The first-order valence-corrected chi connectivity index (χ1v) is 6.02. The zero-order valence-corrected chi connectivity index (χ0v) is 10.1. The first-order chi connectivity index (χ1) is 8.35. The predicted octanol–water partition coefficient (Wildman–Crippen LogP) is 2.10. The molecule has 0 fully saturated rings. The fourth-order valence-electron chi connectivity index (χ4n) is 1.90. The van der Waals surface area contributed by atoms with Gasteiger partial charge in [0, 0.05) is 24.2 Å². The van der Waals surface area contributed by atoms with Crippen molar-refractivity contribution in [3.63, 3.8) is 0 Å². The lowest BCUT2D eigenvalue weighted by molar-refractivity contribution is 0.238. The van der Waals surface area contributed by atoms with E-state index in [9.17, 15) is 0 Å². The molecule has 0 amide bonds. The van der Waals surface area contributed by atoms with E-state index < -0.39 is 0 Å². The fraction of sp³-hybridized carbons (Fsp3) is 0.357. The first kappa shape index (κ1) is 12.0. The molecule has 0 aliphatic heterocycles. The Morgan fingerprint density at radius 2 is 2.12 bits per heavy atom. The number of hydrogen-bond acceptors (Lipinski definition) is 3. The van der Waals surface area contributed by atoms with Crippen molar-refractivity contribution in [2.75, 3.05) is 6.61 Å². The average Bonchev–Trinajstić information content (AvgIpc) is 2.40. The minimum atomic E-state index is 0.161. The molecule has 0 radical (unpaired) electrons. The lowest BCUT2D eigenvalue weighted by atomic mass is 10.1. The quantitative estimate of drug-likeness (QED) is 0.826. The highest BCUT2D eigenvalue weighted by Gasteiger charge is 2.05. The highest BCUT2D eigenvalue weighted by atomic mass is 16.3. The first-order valence-electron chi connectivity index (χ1n) is 6.02. The van der Waals surface area contributed by atoms with Gasteiger partial charge in [0.2, 0.25) is 0 Å². The molecule has 1 atom stereocenters. The number of fused-ring (bicyclic) bond motifs is 1. The number of aromatic nitrogens is 1. The van der Waals surface area contributed by atoms with Crippen molar-refractivity contribution in [2.45, 2.75) is 25.9 Å². The van der Waals surface area contributed by atoms with Gasteiger partial charge in [-0.2, -0.15) is 0 Å². The van der Waals surface area contributed by atoms with Gasteiger partial charge in [0.1, 0.15) is 0 Å². The van der Waals surface area contributed by atoms with Crippen LogP contribution >= 0.6 is 0 Å². The van der Waals surface area contributed by atoms with Crippen molar-refractivity contribution >= 4 is 10.9 Å². The van der Waals surface area contributed by atoms with Gasteiger partial charge in [-0.05, 0) is 18.1 Å². The van der Waals surface area contributed by atoms with Crippen LogP contribution in [-0.2, 0) is 6.54 Å². The summed E-state index contributed by atoms with van der Waals surface area (Å²) in [7, 11) is 0. The lowest BCUT2D eigenvalue weighted by Gasteiger charge is -2.14. The van der Waals surface area contributed by atoms with E-state index in [4.69, 9.17) is 5.11 Å². The van der Waals surface area contributed by atoms with Gasteiger partial charge in [-0.15, -0.1) is 0 Å². The van der Waals surface area contributed by atoms with Crippen LogP contribution in [0.15, 0.2) is 36.5 Å². The van der Waals surface area contributed by atoms with Crippen molar-refractivity contribution in [1.82, 2.24) is 10.3 Å². The van der Waals surface area contributed by atoms with Crippen LogP contribution in [-0.4, -0.2) is 22.7 Å². The van der Waals surface area contributed by atoms with Crippen LogP contribution in [0.5, 0.6) is 0 Å². The average molecular weight is 230 g/mol. The SMILES string of the molecule is CC[C@@H](CO)NCc1cccc2cccnc12. The Kier molecular flexibility index (Phi) is 4.07. The molecule has 0 aliphatic carbocycles. The highest BCUT2D eigenvalue weighted by Crippen LogP contribution is 2.15. The molecular formula is C14H18N2O. The maximum atomic E-state index is 9.14. The van der Waals surface area contributed by atoms with E-state index in [2.05, 4.69) is 35.4 Å². The molecule has 0 bridgehead atoms. The van der Waals surface area contributed by atoms with E-state index in [1.165, 1.54) is 5.56 Å². The molecule has 2 rings (SSSR count). The van der Waals surface area contributed by atoms with Crippen molar-refractivity contribution in [3.05, 3.63) is 42.1 Å². The van der Waals surface area contributed by atoms with E-state index in [0.717, 1.165) is 23.9 Å². The summed E-state index contributed by atoms with van der Waals surface area (Å²) < 4.78 is 0. The maximum absolute atomic E-state index is 9.14. The molecule has 2 aromatic rings. The zero-order chi connectivity index (χ0) is 12.1. The summed E-state index contributed by atoms with van der Waals surface area (Å²) in [6.45, 7) is 2.98.